The van der Waals surface area contributed by atoms with Crippen LogP contribution in [0.15, 0.2) is 36.4 Å². The zero-order valence-electron chi connectivity index (χ0n) is 20.7. The summed E-state index contributed by atoms with van der Waals surface area (Å²) < 4.78 is 30.2. The average Bonchev–Trinajstić information content (AvgIpc) is 3.24. The second-order valence-corrected chi connectivity index (χ2v) is 10.4. The summed E-state index contributed by atoms with van der Waals surface area (Å²) >= 11 is 0. The van der Waals surface area contributed by atoms with Crippen LogP contribution in [0.1, 0.15) is 33.3 Å². The van der Waals surface area contributed by atoms with Gasteiger partial charge in [-0.2, -0.15) is 0 Å². The van der Waals surface area contributed by atoms with Gasteiger partial charge in [-0.1, -0.05) is 0 Å². The average molecular weight is 486 g/mol. The highest BCUT2D eigenvalue weighted by molar-refractivity contribution is 5.83. The molecule has 188 valence electrons. The zero-order chi connectivity index (χ0) is 25.5. The highest BCUT2D eigenvalue weighted by Crippen LogP contribution is 2.48. The van der Waals surface area contributed by atoms with Crippen LogP contribution < -0.4 is 10.5 Å². The Labute approximate surface area is 204 Å². The van der Waals surface area contributed by atoms with Gasteiger partial charge in [0.1, 0.15) is 22.9 Å². The number of methoxy groups -OCH3 is 1. The van der Waals surface area contributed by atoms with Crippen LogP contribution in [-0.4, -0.2) is 60.4 Å². The summed E-state index contributed by atoms with van der Waals surface area (Å²) in [6.07, 6.45) is -0.418. The molecule has 2 aliphatic rings. The molecule has 8 nitrogen and oxygen atoms in total. The fraction of sp³-hybridized carbons (Fsp3) is 0.500. The number of likely N-dealkylation sites (tertiary alicyclic amines) is 1. The monoisotopic (exact) mass is 485 g/mol. The summed E-state index contributed by atoms with van der Waals surface area (Å²) in [6, 6.07) is 9.40. The first kappa shape index (κ1) is 24.9. The first-order valence-corrected chi connectivity index (χ1v) is 11.7. The topological polar surface area (TPSA) is 104 Å². The van der Waals surface area contributed by atoms with Gasteiger partial charge in [-0.15, -0.1) is 0 Å². The van der Waals surface area contributed by atoms with Crippen molar-refractivity contribution in [1.29, 1.82) is 0 Å². The van der Waals surface area contributed by atoms with Crippen LogP contribution in [0.2, 0.25) is 0 Å². The van der Waals surface area contributed by atoms with Gasteiger partial charge < -0.3 is 24.8 Å². The predicted molar refractivity (Wildman–Crippen MR) is 127 cm³/mol. The fourth-order valence-electron chi connectivity index (χ4n) is 4.46. The van der Waals surface area contributed by atoms with Gasteiger partial charge in [-0.3, -0.25) is 4.79 Å². The van der Waals surface area contributed by atoms with Crippen LogP contribution in [0.5, 0.6) is 5.88 Å². The molecule has 2 aromatic rings. The minimum atomic E-state index is -1.11. The molecule has 2 fully saturated rings. The fourth-order valence-corrected chi connectivity index (χ4v) is 4.46. The van der Waals surface area contributed by atoms with Gasteiger partial charge in [0.25, 0.3) is 0 Å². The van der Waals surface area contributed by atoms with Crippen LogP contribution in [0.4, 0.5) is 9.18 Å². The molecule has 2 heterocycles. The first-order chi connectivity index (χ1) is 16.4. The minimum absolute atomic E-state index is 0.0194. The molecule has 1 aliphatic carbocycles. The quantitative estimate of drug-likeness (QED) is 0.625. The van der Waals surface area contributed by atoms with Gasteiger partial charge in [0.2, 0.25) is 5.88 Å². The number of esters is 1. The third-order valence-corrected chi connectivity index (χ3v) is 6.65. The molecular weight excluding hydrogens is 453 g/mol. The third-order valence-electron chi connectivity index (χ3n) is 6.65. The van der Waals surface area contributed by atoms with Crippen LogP contribution in [0.25, 0.3) is 11.3 Å². The van der Waals surface area contributed by atoms with E-state index in [4.69, 9.17) is 19.9 Å². The number of nitrogens with two attached hydrogens (primary N) is 1. The number of aromatic nitrogens is 1. The van der Waals surface area contributed by atoms with Gasteiger partial charge in [0.15, 0.2) is 0 Å². The lowest BCUT2D eigenvalue weighted by molar-refractivity contribution is -0.146. The van der Waals surface area contributed by atoms with E-state index in [0.29, 0.717) is 35.8 Å². The Bertz CT molecular complexity index is 1100. The van der Waals surface area contributed by atoms with E-state index in [1.165, 1.54) is 19.2 Å². The Morgan fingerprint density at radius 3 is 2.29 bits per heavy atom. The van der Waals surface area contributed by atoms with Gasteiger partial charge in [-0.05, 0) is 63.6 Å². The minimum Gasteiger partial charge on any atom is -0.474 e. The van der Waals surface area contributed by atoms with Crippen molar-refractivity contribution < 1.29 is 28.2 Å². The van der Waals surface area contributed by atoms with Crippen molar-refractivity contribution in [2.75, 3.05) is 26.7 Å². The van der Waals surface area contributed by atoms with Crippen molar-refractivity contribution in [2.24, 2.45) is 17.6 Å². The molecule has 35 heavy (non-hydrogen) atoms. The first-order valence-electron chi connectivity index (χ1n) is 11.7. The molecule has 1 aromatic carbocycles. The number of amides is 1. The lowest BCUT2D eigenvalue weighted by atomic mass is 9.82. The molecule has 4 rings (SSSR count). The number of pyridine rings is 1. The number of piperidine rings is 1. The molecule has 1 amide bonds. The third kappa shape index (κ3) is 5.10. The number of carbonyl (C=O) groups excluding carboxylic acids is 2. The molecule has 1 aliphatic heterocycles. The van der Waals surface area contributed by atoms with Crippen molar-refractivity contribution in [3.8, 4) is 17.1 Å². The Balaban J connectivity index is 1.57. The molecule has 1 saturated carbocycles. The summed E-state index contributed by atoms with van der Waals surface area (Å²) in [7, 11) is 1.32. The van der Waals surface area contributed by atoms with Gasteiger partial charge in [0, 0.05) is 43.1 Å². The molecule has 1 aromatic heterocycles. The van der Waals surface area contributed by atoms with Crippen molar-refractivity contribution in [1.82, 2.24) is 9.88 Å². The number of halogens is 1. The van der Waals surface area contributed by atoms with E-state index in [2.05, 4.69) is 4.98 Å². The van der Waals surface area contributed by atoms with E-state index < -0.39 is 17.0 Å². The molecule has 0 radical (unpaired) electrons. The van der Waals surface area contributed by atoms with E-state index in [9.17, 15) is 14.0 Å². The van der Waals surface area contributed by atoms with Crippen LogP contribution in [-0.2, 0) is 19.7 Å². The van der Waals surface area contributed by atoms with Crippen LogP contribution in [0.3, 0.4) is 0 Å². The Morgan fingerprint density at radius 2 is 1.74 bits per heavy atom. The lowest BCUT2D eigenvalue weighted by Crippen LogP contribution is -2.41. The Morgan fingerprint density at radius 1 is 1.11 bits per heavy atom. The number of nitrogens with zero attached hydrogens (tertiary/aromatic N) is 2. The van der Waals surface area contributed by atoms with Crippen molar-refractivity contribution in [2.45, 2.75) is 44.8 Å². The number of hydrogen-bond donors (Lipinski definition) is 1. The maximum atomic E-state index is 13.5. The van der Waals surface area contributed by atoms with Crippen molar-refractivity contribution >= 4 is 12.1 Å². The van der Waals surface area contributed by atoms with Crippen LogP contribution in [0, 0.1) is 17.7 Å². The highest BCUT2D eigenvalue weighted by atomic mass is 19.1. The number of ether oxygens (including phenoxy) is 3. The van der Waals surface area contributed by atoms with Crippen molar-refractivity contribution in [3.63, 3.8) is 0 Å². The highest BCUT2D eigenvalue weighted by Gasteiger charge is 2.59. The zero-order valence-corrected chi connectivity index (χ0v) is 20.7. The largest absolute Gasteiger partial charge is 0.474 e. The summed E-state index contributed by atoms with van der Waals surface area (Å²) in [5.41, 5.74) is 6.13. The summed E-state index contributed by atoms with van der Waals surface area (Å²) in [6.45, 7) is 8.36. The molecule has 4 atom stereocenters. The predicted octanol–water partition coefficient (Wildman–Crippen LogP) is 3.52. The molecular formula is C26H32FN3O5. The number of benzene rings is 1. The lowest BCUT2D eigenvalue weighted by Gasteiger charge is -2.27. The second-order valence-electron chi connectivity index (χ2n) is 10.4. The van der Waals surface area contributed by atoms with E-state index in [-0.39, 0.29) is 36.4 Å². The Kier molecular flexibility index (Phi) is 6.48. The maximum absolute atomic E-state index is 13.5. The standard InChI is InChI=1S/C26H32FN3O5/c1-25(2,3)35-24(32)30-12-18-19(13-30)22(18)34-21-11-16(26(4,14-28)23(31)33-5)10-20(29-21)15-6-8-17(27)9-7-15/h6-11,18-19,22H,12-14,28H2,1-5H3/t18-,19+,22?,26?. The number of carbonyl (C=O) groups is 2. The Hall–Kier alpha value is -3.20. The van der Waals surface area contributed by atoms with Gasteiger partial charge in [-0.25, -0.2) is 14.2 Å². The van der Waals surface area contributed by atoms with Gasteiger partial charge in [0.05, 0.1) is 12.8 Å². The van der Waals surface area contributed by atoms with Gasteiger partial charge >= 0.3 is 12.1 Å². The molecule has 2 N–H and O–H groups in total. The van der Waals surface area contributed by atoms with Crippen molar-refractivity contribution in [3.05, 3.63) is 47.8 Å². The smallest absolute Gasteiger partial charge is 0.410 e. The number of fused-ring (bicyclic) bond motifs is 1. The molecule has 2 unspecified atom stereocenters. The van der Waals surface area contributed by atoms with E-state index in [1.54, 1.807) is 36.1 Å². The summed E-state index contributed by atoms with van der Waals surface area (Å²) in [4.78, 5) is 31.3. The van der Waals surface area contributed by atoms with E-state index >= 15 is 0 Å². The summed E-state index contributed by atoms with van der Waals surface area (Å²) in [5.74, 6) is -0.123. The normalized spacial score (nSPS) is 22.7. The number of hydrogen-bond acceptors (Lipinski definition) is 7. The van der Waals surface area contributed by atoms with E-state index in [0.717, 1.165) is 0 Å². The molecule has 9 heteroatoms. The maximum Gasteiger partial charge on any atom is 0.410 e. The second kappa shape index (κ2) is 9.11. The van der Waals surface area contributed by atoms with E-state index in [1.807, 2.05) is 20.8 Å². The summed E-state index contributed by atoms with van der Waals surface area (Å²) in [5, 5.41) is 0. The molecule has 1 saturated heterocycles. The number of rotatable bonds is 6. The molecule has 0 spiro atoms. The van der Waals surface area contributed by atoms with Crippen LogP contribution >= 0.6 is 0 Å². The SMILES string of the molecule is COC(=O)C(C)(CN)c1cc(OC2[C@H]3CN(C(=O)OC(C)(C)C)C[C@@H]23)nc(-c2ccc(F)cc2)c1. The molecule has 0 bridgehead atoms.